The smallest absolute Gasteiger partial charge is 0.295 e. The summed E-state index contributed by atoms with van der Waals surface area (Å²) in [5, 5.41) is 12.1. The van der Waals surface area contributed by atoms with E-state index in [0.717, 1.165) is 22.2 Å². The normalized spacial score (nSPS) is 17.3. The molecule has 0 unspecified atom stereocenters. The molecular weight excluding hydrogens is 448 g/mol. The second kappa shape index (κ2) is 9.06. The van der Waals surface area contributed by atoms with Gasteiger partial charge in [-0.1, -0.05) is 0 Å². The summed E-state index contributed by atoms with van der Waals surface area (Å²) >= 11 is 0. The van der Waals surface area contributed by atoms with Crippen molar-refractivity contribution in [3.63, 3.8) is 0 Å². The number of nitrogens with zero attached hydrogens (tertiary/aromatic N) is 1. The minimum atomic E-state index is -0.841. The number of fused-ring (bicyclic) bond motifs is 1. The van der Waals surface area contributed by atoms with Crippen molar-refractivity contribution in [2.24, 2.45) is 0 Å². The van der Waals surface area contributed by atoms with Crippen molar-refractivity contribution < 1.29 is 28.6 Å². The van der Waals surface area contributed by atoms with Crippen LogP contribution in [-0.2, 0) is 16.0 Å². The fourth-order valence-electron chi connectivity index (χ4n) is 4.49. The van der Waals surface area contributed by atoms with Crippen LogP contribution in [0.3, 0.4) is 0 Å². The molecule has 1 atom stereocenters. The largest absolute Gasteiger partial charge is 0.507 e. The van der Waals surface area contributed by atoms with Crippen LogP contribution < -0.4 is 9.47 Å². The van der Waals surface area contributed by atoms with Crippen molar-refractivity contribution in [1.29, 1.82) is 0 Å². The third-order valence-corrected chi connectivity index (χ3v) is 6.31. The molecule has 0 spiro atoms. The SMILES string of the molecule is COc1ccc(C(O)=C2C(=O)C(=O)N(CCc3c[nH]c4ccc(OC)cc34)[C@H]2c2ccco2)cc1. The van der Waals surface area contributed by atoms with Gasteiger partial charge in [0.1, 0.15) is 29.1 Å². The van der Waals surface area contributed by atoms with Crippen molar-refractivity contribution in [3.8, 4) is 11.5 Å². The summed E-state index contributed by atoms with van der Waals surface area (Å²) in [6.45, 7) is 0.249. The third-order valence-electron chi connectivity index (χ3n) is 6.31. The molecule has 1 saturated heterocycles. The van der Waals surface area contributed by atoms with Gasteiger partial charge < -0.3 is 28.9 Å². The van der Waals surface area contributed by atoms with Crippen LogP contribution in [0.4, 0.5) is 0 Å². The highest BCUT2D eigenvalue weighted by Gasteiger charge is 2.47. The van der Waals surface area contributed by atoms with Crippen molar-refractivity contribution in [2.75, 3.05) is 20.8 Å². The molecule has 0 radical (unpaired) electrons. The molecule has 0 bridgehead atoms. The van der Waals surface area contributed by atoms with E-state index in [2.05, 4.69) is 4.98 Å². The number of hydrogen-bond acceptors (Lipinski definition) is 6. The zero-order valence-electron chi connectivity index (χ0n) is 19.3. The quantitative estimate of drug-likeness (QED) is 0.234. The zero-order valence-corrected chi connectivity index (χ0v) is 19.3. The summed E-state index contributed by atoms with van der Waals surface area (Å²) in [5.41, 5.74) is 2.33. The Morgan fingerprint density at radius 1 is 1.06 bits per heavy atom. The third kappa shape index (κ3) is 3.93. The second-order valence-corrected chi connectivity index (χ2v) is 8.21. The second-order valence-electron chi connectivity index (χ2n) is 8.21. The van der Waals surface area contributed by atoms with Gasteiger partial charge in [-0.05, 0) is 66.6 Å². The standard InChI is InChI=1S/C27H24N2O6/c1-33-18-7-5-16(6-8-18)25(30)23-24(22-4-3-13-35-22)29(27(32)26(23)31)12-11-17-15-28-21-10-9-19(34-2)14-20(17)21/h3-10,13-15,24,28,30H,11-12H2,1-2H3/t24-/m0/s1. The minimum absolute atomic E-state index is 0.00397. The Hall–Kier alpha value is -4.46. The van der Waals surface area contributed by atoms with E-state index in [1.165, 1.54) is 11.2 Å². The summed E-state index contributed by atoms with van der Waals surface area (Å²) in [6, 6.07) is 14.9. The maximum Gasteiger partial charge on any atom is 0.295 e. The molecule has 0 saturated carbocycles. The molecular formula is C27H24N2O6. The van der Waals surface area contributed by atoms with Crippen molar-refractivity contribution >= 4 is 28.4 Å². The van der Waals surface area contributed by atoms with Gasteiger partial charge in [-0.25, -0.2) is 0 Å². The van der Waals surface area contributed by atoms with Gasteiger partial charge in [-0.2, -0.15) is 0 Å². The van der Waals surface area contributed by atoms with Crippen LogP contribution in [0.1, 0.15) is 22.9 Å². The Kier molecular flexibility index (Phi) is 5.78. The molecule has 2 aromatic carbocycles. The summed E-state index contributed by atoms with van der Waals surface area (Å²) in [6.07, 6.45) is 3.86. The number of carbonyl (C=O) groups is 2. The number of rotatable bonds is 7. The molecule has 2 N–H and O–H groups in total. The fourth-order valence-corrected chi connectivity index (χ4v) is 4.49. The number of nitrogens with one attached hydrogen (secondary N) is 1. The van der Waals surface area contributed by atoms with Crippen LogP contribution in [0.5, 0.6) is 11.5 Å². The van der Waals surface area contributed by atoms with Crippen LogP contribution in [0.25, 0.3) is 16.7 Å². The number of methoxy groups -OCH3 is 2. The number of benzene rings is 2. The van der Waals surface area contributed by atoms with Crippen molar-refractivity contribution in [3.05, 3.63) is 89.5 Å². The van der Waals surface area contributed by atoms with Crippen molar-refractivity contribution in [1.82, 2.24) is 9.88 Å². The molecule has 178 valence electrons. The zero-order chi connectivity index (χ0) is 24.5. The van der Waals surface area contributed by atoms with E-state index in [-0.39, 0.29) is 17.9 Å². The maximum absolute atomic E-state index is 13.1. The van der Waals surface area contributed by atoms with E-state index in [1.54, 1.807) is 50.6 Å². The predicted molar refractivity (Wildman–Crippen MR) is 129 cm³/mol. The van der Waals surface area contributed by atoms with Crippen LogP contribution in [0, 0.1) is 0 Å². The highest BCUT2D eigenvalue weighted by atomic mass is 16.5. The minimum Gasteiger partial charge on any atom is -0.507 e. The first-order valence-corrected chi connectivity index (χ1v) is 11.1. The Morgan fingerprint density at radius 2 is 1.80 bits per heavy atom. The van der Waals surface area contributed by atoms with E-state index in [9.17, 15) is 14.7 Å². The van der Waals surface area contributed by atoms with E-state index < -0.39 is 17.7 Å². The molecule has 35 heavy (non-hydrogen) atoms. The number of ether oxygens (including phenoxy) is 2. The summed E-state index contributed by atoms with van der Waals surface area (Å²) in [5.74, 6) is 0.0552. The van der Waals surface area contributed by atoms with Crippen molar-refractivity contribution in [2.45, 2.75) is 12.5 Å². The van der Waals surface area contributed by atoms with Crippen LogP contribution in [-0.4, -0.2) is 47.4 Å². The van der Waals surface area contributed by atoms with Gasteiger partial charge in [-0.3, -0.25) is 9.59 Å². The number of Topliss-reactive ketones (excluding diaryl/α,β-unsaturated/α-hetero) is 1. The van der Waals surface area contributed by atoms with E-state index in [4.69, 9.17) is 13.9 Å². The Morgan fingerprint density at radius 3 is 2.49 bits per heavy atom. The summed E-state index contributed by atoms with van der Waals surface area (Å²) < 4.78 is 16.1. The number of furan rings is 1. The van der Waals surface area contributed by atoms with Gasteiger partial charge in [0.15, 0.2) is 0 Å². The molecule has 3 heterocycles. The number of likely N-dealkylation sites (tertiary alicyclic amines) is 1. The lowest BCUT2D eigenvalue weighted by atomic mass is 9.99. The maximum atomic E-state index is 13.1. The number of ketones is 1. The Labute approximate surface area is 201 Å². The molecule has 1 aliphatic heterocycles. The van der Waals surface area contributed by atoms with E-state index in [1.807, 2.05) is 24.4 Å². The number of H-pyrrole nitrogens is 1. The van der Waals surface area contributed by atoms with Crippen LogP contribution in [0.2, 0.25) is 0 Å². The number of carbonyl (C=O) groups excluding carboxylic acids is 2. The molecule has 4 aromatic rings. The lowest BCUT2D eigenvalue weighted by molar-refractivity contribution is -0.140. The summed E-state index contributed by atoms with van der Waals surface area (Å²) in [7, 11) is 3.15. The highest BCUT2D eigenvalue weighted by Crippen LogP contribution is 2.40. The van der Waals surface area contributed by atoms with Gasteiger partial charge in [0, 0.05) is 29.2 Å². The molecule has 5 rings (SSSR count). The molecule has 8 nitrogen and oxygen atoms in total. The number of aromatic nitrogens is 1. The van der Waals surface area contributed by atoms with E-state index >= 15 is 0 Å². The first kappa shape index (κ1) is 22.3. The van der Waals surface area contributed by atoms with Gasteiger partial charge in [0.25, 0.3) is 11.7 Å². The lowest BCUT2D eigenvalue weighted by Gasteiger charge is -2.23. The topological polar surface area (TPSA) is 105 Å². The first-order valence-electron chi connectivity index (χ1n) is 11.1. The Bertz CT molecular complexity index is 1420. The molecule has 1 amide bonds. The van der Waals surface area contributed by atoms with Gasteiger partial charge in [-0.15, -0.1) is 0 Å². The number of amides is 1. The predicted octanol–water partition coefficient (Wildman–Crippen LogP) is 4.44. The molecule has 1 fully saturated rings. The highest BCUT2D eigenvalue weighted by molar-refractivity contribution is 6.46. The first-order chi connectivity index (χ1) is 17.0. The Balaban J connectivity index is 1.51. The van der Waals surface area contributed by atoms with Gasteiger partial charge in [0.2, 0.25) is 0 Å². The van der Waals surface area contributed by atoms with Crippen LogP contribution in [0.15, 0.2) is 77.0 Å². The average Bonchev–Trinajstić information content (AvgIpc) is 3.61. The molecule has 0 aliphatic carbocycles. The molecule has 1 aliphatic rings. The lowest BCUT2D eigenvalue weighted by Crippen LogP contribution is -2.31. The van der Waals surface area contributed by atoms with Crippen LogP contribution >= 0.6 is 0 Å². The number of aliphatic hydroxyl groups excluding tert-OH is 1. The number of hydrogen-bond donors (Lipinski definition) is 2. The molecule has 2 aromatic heterocycles. The number of aliphatic hydroxyl groups is 1. The fraction of sp³-hybridized carbons (Fsp3) is 0.185. The van der Waals surface area contributed by atoms with Gasteiger partial charge >= 0.3 is 0 Å². The van der Waals surface area contributed by atoms with E-state index in [0.29, 0.717) is 23.5 Å². The summed E-state index contributed by atoms with van der Waals surface area (Å²) in [4.78, 5) is 30.9. The average molecular weight is 472 g/mol. The number of aromatic amines is 1. The molecule has 8 heteroatoms. The monoisotopic (exact) mass is 472 g/mol. The van der Waals surface area contributed by atoms with Gasteiger partial charge in [0.05, 0.1) is 26.1 Å².